The summed E-state index contributed by atoms with van der Waals surface area (Å²) >= 11 is 0. The number of carbonyl (C=O) groups excluding carboxylic acids is 1. The fourth-order valence-corrected chi connectivity index (χ4v) is 4.44. The molecule has 6 nitrogen and oxygen atoms in total. The van der Waals surface area contributed by atoms with Gasteiger partial charge in [-0.15, -0.1) is 0 Å². The lowest BCUT2D eigenvalue weighted by Gasteiger charge is -2.31. The predicted octanol–water partition coefficient (Wildman–Crippen LogP) is 4.35. The third-order valence-corrected chi connectivity index (χ3v) is 6.10. The largest absolute Gasteiger partial charge is 0.370 e. The molecule has 0 radical (unpaired) electrons. The Hall–Kier alpha value is -3.02. The van der Waals surface area contributed by atoms with Crippen LogP contribution in [0.3, 0.4) is 0 Å². The molecule has 0 unspecified atom stereocenters. The quantitative estimate of drug-likeness (QED) is 0.682. The SMILES string of the molecule is Cc1cc(-c2noc(-c3cncc4c3CCC(C)(C)C4)n2)cc(C)c1CCC(N)=O. The molecule has 1 aliphatic rings. The van der Waals surface area contributed by atoms with E-state index in [1.807, 2.05) is 38.4 Å². The fourth-order valence-electron chi connectivity index (χ4n) is 4.44. The summed E-state index contributed by atoms with van der Waals surface area (Å²) < 4.78 is 5.65. The van der Waals surface area contributed by atoms with Crippen LogP contribution in [0.5, 0.6) is 0 Å². The van der Waals surface area contributed by atoms with Gasteiger partial charge in [0.15, 0.2) is 0 Å². The van der Waals surface area contributed by atoms with E-state index in [4.69, 9.17) is 10.3 Å². The average Bonchev–Trinajstić information content (AvgIpc) is 3.15. The zero-order valence-electron chi connectivity index (χ0n) is 18.1. The van der Waals surface area contributed by atoms with Crippen molar-refractivity contribution in [3.63, 3.8) is 0 Å². The van der Waals surface area contributed by atoms with E-state index in [2.05, 4.69) is 29.0 Å². The number of pyridine rings is 1. The Morgan fingerprint density at radius 2 is 1.93 bits per heavy atom. The number of primary amides is 1. The molecule has 2 N–H and O–H groups in total. The molecule has 156 valence electrons. The maximum atomic E-state index is 11.1. The van der Waals surface area contributed by atoms with Crippen LogP contribution in [-0.4, -0.2) is 21.0 Å². The molecule has 1 aromatic carbocycles. The summed E-state index contributed by atoms with van der Waals surface area (Å²) in [5.74, 6) is 0.789. The average molecular weight is 405 g/mol. The van der Waals surface area contributed by atoms with Gasteiger partial charge in [-0.05, 0) is 84.9 Å². The van der Waals surface area contributed by atoms with Gasteiger partial charge in [-0.2, -0.15) is 4.98 Å². The number of carbonyl (C=O) groups is 1. The Morgan fingerprint density at radius 3 is 2.63 bits per heavy atom. The van der Waals surface area contributed by atoms with Gasteiger partial charge >= 0.3 is 0 Å². The highest BCUT2D eigenvalue weighted by Gasteiger charge is 2.28. The Balaban J connectivity index is 1.65. The van der Waals surface area contributed by atoms with E-state index in [-0.39, 0.29) is 5.91 Å². The van der Waals surface area contributed by atoms with Gasteiger partial charge in [-0.1, -0.05) is 19.0 Å². The van der Waals surface area contributed by atoms with Crippen molar-refractivity contribution in [1.82, 2.24) is 15.1 Å². The van der Waals surface area contributed by atoms with Gasteiger partial charge in [0.05, 0.1) is 5.56 Å². The van der Waals surface area contributed by atoms with E-state index in [9.17, 15) is 4.79 Å². The van der Waals surface area contributed by atoms with Crippen LogP contribution < -0.4 is 5.73 Å². The van der Waals surface area contributed by atoms with Crippen molar-refractivity contribution in [2.45, 2.75) is 59.8 Å². The number of benzene rings is 1. The van der Waals surface area contributed by atoms with Crippen LogP contribution in [0, 0.1) is 19.3 Å². The molecule has 0 aliphatic heterocycles. The molecule has 30 heavy (non-hydrogen) atoms. The number of hydrogen-bond donors (Lipinski definition) is 1. The number of hydrogen-bond acceptors (Lipinski definition) is 5. The lowest BCUT2D eigenvalue weighted by atomic mass is 9.74. The van der Waals surface area contributed by atoms with Crippen LogP contribution in [0.15, 0.2) is 29.0 Å². The summed E-state index contributed by atoms with van der Waals surface area (Å²) in [4.78, 5) is 20.3. The molecular weight excluding hydrogens is 376 g/mol. The van der Waals surface area contributed by atoms with Crippen molar-refractivity contribution in [1.29, 1.82) is 0 Å². The van der Waals surface area contributed by atoms with Crippen LogP contribution >= 0.6 is 0 Å². The standard InChI is InChI=1S/C24H28N4O2/c1-14-9-16(10-15(2)18(14)5-6-21(25)29)22-27-23(30-28-22)20-13-26-12-17-11-24(3,4)8-7-19(17)20/h9-10,12-13H,5-8,11H2,1-4H3,(H2,25,29). The van der Waals surface area contributed by atoms with E-state index < -0.39 is 0 Å². The molecule has 0 fully saturated rings. The molecule has 0 atom stereocenters. The molecule has 3 aromatic rings. The first-order chi connectivity index (χ1) is 14.2. The van der Waals surface area contributed by atoms with E-state index in [1.54, 1.807) is 0 Å². The van der Waals surface area contributed by atoms with Crippen LogP contribution in [0.4, 0.5) is 0 Å². The first kappa shape index (κ1) is 20.3. The first-order valence-corrected chi connectivity index (χ1v) is 10.4. The molecule has 2 aromatic heterocycles. The Kier molecular flexibility index (Phi) is 5.18. The van der Waals surface area contributed by atoms with E-state index in [1.165, 1.54) is 11.1 Å². The van der Waals surface area contributed by atoms with Gasteiger partial charge in [-0.25, -0.2) is 0 Å². The Morgan fingerprint density at radius 1 is 1.20 bits per heavy atom. The highest BCUT2D eigenvalue weighted by atomic mass is 16.5. The van der Waals surface area contributed by atoms with Crippen molar-refractivity contribution in [2.24, 2.45) is 11.1 Å². The monoisotopic (exact) mass is 404 g/mol. The molecule has 0 saturated heterocycles. The number of aryl methyl sites for hydroxylation is 2. The maximum absolute atomic E-state index is 11.1. The minimum absolute atomic E-state index is 0.288. The summed E-state index contributed by atoms with van der Waals surface area (Å²) in [6.07, 6.45) is 7.91. The van der Waals surface area contributed by atoms with Gasteiger partial charge < -0.3 is 10.3 Å². The number of rotatable bonds is 5. The van der Waals surface area contributed by atoms with Crippen molar-refractivity contribution in [3.8, 4) is 22.8 Å². The number of nitrogens with zero attached hydrogens (tertiary/aromatic N) is 3. The molecular formula is C24H28N4O2. The molecule has 1 aliphatic carbocycles. The second-order valence-corrected chi connectivity index (χ2v) is 9.14. The number of amides is 1. The second kappa shape index (κ2) is 7.67. The maximum Gasteiger partial charge on any atom is 0.260 e. The molecule has 0 saturated carbocycles. The topological polar surface area (TPSA) is 94.9 Å². The molecule has 0 spiro atoms. The van der Waals surface area contributed by atoms with Gasteiger partial charge in [0.1, 0.15) is 0 Å². The van der Waals surface area contributed by atoms with Crippen LogP contribution in [0.2, 0.25) is 0 Å². The van der Waals surface area contributed by atoms with Crippen molar-refractivity contribution >= 4 is 5.91 Å². The van der Waals surface area contributed by atoms with Crippen molar-refractivity contribution in [2.75, 3.05) is 0 Å². The lowest BCUT2D eigenvalue weighted by Crippen LogP contribution is -2.22. The highest BCUT2D eigenvalue weighted by Crippen LogP contribution is 2.38. The smallest absolute Gasteiger partial charge is 0.260 e. The summed E-state index contributed by atoms with van der Waals surface area (Å²) in [7, 11) is 0. The minimum Gasteiger partial charge on any atom is -0.370 e. The number of fused-ring (bicyclic) bond motifs is 1. The number of nitrogens with two attached hydrogens (primary N) is 1. The zero-order valence-corrected chi connectivity index (χ0v) is 18.1. The second-order valence-electron chi connectivity index (χ2n) is 9.14. The zero-order chi connectivity index (χ0) is 21.5. The normalized spacial score (nSPS) is 15.1. The summed E-state index contributed by atoms with van der Waals surface area (Å²) in [6, 6.07) is 4.08. The summed E-state index contributed by atoms with van der Waals surface area (Å²) in [6.45, 7) is 8.66. The van der Waals surface area contributed by atoms with E-state index in [0.717, 1.165) is 47.1 Å². The van der Waals surface area contributed by atoms with Gasteiger partial charge in [0, 0.05) is 24.4 Å². The lowest BCUT2D eigenvalue weighted by molar-refractivity contribution is -0.117. The molecule has 1 amide bonds. The van der Waals surface area contributed by atoms with Crippen LogP contribution in [0.25, 0.3) is 22.8 Å². The minimum atomic E-state index is -0.288. The Labute approximate surface area is 176 Å². The van der Waals surface area contributed by atoms with E-state index >= 15 is 0 Å². The molecule has 0 bridgehead atoms. The number of aromatic nitrogens is 3. The van der Waals surface area contributed by atoms with Gasteiger partial charge in [-0.3, -0.25) is 9.78 Å². The fraction of sp³-hybridized carbons (Fsp3) is 0.417. The third kappa shape index (κ3) is 3.99. The molecule has 4 rings (SSSR count). The van der Waals surface area contributed by atoms with Gasteiger partial charge in [0.25, 0.3) is 5.89 Å². The third-order valence-electron chi connectivity index (χ3n) is 6.10. The predicted molar refractivity (Wildman–Crippen MR) is 116 cm³/mol. The molecule has 6 heteroatoms. The summed E-state index contributed by atoms with van der Waals surface area (Å²) in [5, 5.41) is 4.24. The van der Waals surface area contributed by atoms with Crippen molar-refractivity contribution < 1.29 is 9.32 Å². The van der Waals surface area contributed by atoms with Gasteiger partial charge in [0.2, 0.25) is 11.7 Å². The molecule has 2 heterocycles. The van der Waals surface area contributed by atoms with Crippen LogP contribution in [0.1, 0.15) is 54.5 Å². The first-order valence-electron chi connectivity index (χ1n) is 10.4. The van der Waals surface area contributed by atoms with E-state index in [0.29, 0.717) is 30.0 Å². The highest BCUT2D eigenvalue weighted by molar-refractivity contribution is 5.74. The van der Waals surface area contributed by atoms with Crippen LogP contribution in [-0.2, 0) is 24.1 Å². The van der Waals surface area contributed by atoms with Crippen molar-refractivity contribution in [3.05, 3.63) is 52.3 Å². The summed E-state index contributed by atoms with van der Waals surface area (Å²) in [5.41, 5.74) is 13.3. The Bertz CT molecular complexity index is 1090.